The van der Waals surface area contributed by atoms with Crippen LogP contribution in [0.15, 0.2) is 18.2 Å². The Morgan fingerprint density at radius 3 is 2.75 bits per heavy atom. The Hall–Kier alpha value is -1.02. The molecule has 1 saturated carbocycles. The molecule has 0 saturated heterocycles. The van der Waals surface area contributed by atoms with Gasteiger partial charge in [0.25, 0.3) is 0 Å². The van der Waals surface area contributed by atoms with E-state index in [1.807, 2.05) is 13.0 Å². The maximum Gasteiger partial charge on any atom is 0.123 e. The molecule has 1 aromatic carbocycles. The molecule has 0 spiro atoms. The third-order valence-electron chi connectivity index (χ3n) is 3.32. The Bertz CT molecular complexity index is 356. The predicted molar refractivity (Wildman–Crippen MR) is 64.9 cm³/mol. The van der Waals surface area contributed by atoms with Crippen molar-refractivity contribution in [1.82, 2.24) is 0 Å². The van der Waals surface area contributed by atoms with E-state index in [0.717, 1.165) is 11.3 Å². The van der Waals surface area contributed by atoms with Crippen molar-refractivity contribution in [3.8, 4) is 5.75 Å². The van der Waals surface area contributed by atoms with E-state index < -0.39 is 0 Å². The van der Waals surface area contributed by atoms with Crippen molar-refractivity contribution < 1.29 is 9.84 Å². The molecular formula is C14H20O2. The van der Waals surface area contributed by atoms with Gasteiger partial charge in [-0.3, -0.25) is 0 Å². The fourth-order valence-electron chi connectivity index (χ4n) is 1.93. The molecule has 0 amide bonds. The normalized spacial score (nSPS) is 17.9. The van der Waals surface area contributed by atoms with Crippen molar-refractivity contribution >= 4 is 0 Å². The van der Waals surface area contributed by atoms with Crippen LogP contribution < -0.4 is 4.74 Å². The van der Waals surface area contributed by atoms with Crippen molar-refractivity contribution in [3.05, 3.63) is 29.3 Å². The summed E-state index contributed by atoms with van der Waals surface area (Å²) < 4.78 is 5.95. The minimum atomic E-state index is 0.148. The van der Waals surface area contributed by atoms with Gasteiger partial charge in [-0.05, 0) is 37.8 Å². The lowest BCUT2D eigenvalue weighted by atomic mass is 9.95. The molecule has 0 radical (unpaired) electrons. The van der Waals surface area contributed by atoms with Gasteiger partial charge in [0.2, 0.25) is 0 Å². The summed E-state index contributed by atoms with van der Waals surface area (Å²) in [5.41, 5.74) is 2.35. The van der Waals surface area contributed by atoms with Crippen LogP contribution in [0, 0.1) is 6.92 Å². The van der Waals surface area contributed by atoms with Gasteiger partial charge in [-0.15, -0.1) is 0 Å². The standard InChI is InChI=1S/C14H20O2/c1-10-6-7-14(16-12-4-3-5-12)13(8-10)11(2)9-15/h6-8,11-12,15H,3-5,9H2,1-2H3. The van der Waals surface area contributed by atoms with Gasteiger partial charge >= 0.3 is 0 Å². The number of aliphatic hydroxyl groups excluding tert-OH is 1. The molecule has 2 nitrogen and oxygen atoms in total. The lowest BCUT2D eigenvalue weighted by molar-refractivity contribution is 0.118. The van der Waals surface area contributed by atoms with E-state index in [-0.39, 0.29) is 12.5 Å². The fraction of sp³-hybridized carbons (Fsp3) is 0.571. The maximum atomic E-state index is 9.25. The first-order valence-electron chi connectivity index (χ1n) is 6.08. The quantitative estimate of drug-likeness (QED) is 0.845. The maximum absolute atomic E-state index is 9.25. The molecule has 88 valence electrons. The highest BCUT2D eigenvalue weighted by Gasteiger charge is 2.21. The second-order valence-corrected chi connectivity index (χ2v) is 4.80. The van der Waals surface area contributed by atoms with Crippen molar-refractivity contribution in [1.29, 1.82) is 0 Å². The number of ether oxygens (including phenoxy) is 1. The minimum Gasteiger partial charge on any atom is -0.490 e. The lowest BCUT2D eigenvalue weighted by Crippen LogP contribution is -2.25. The molecule has 0 aromatic heterocycles. The predicted octanol–water partition coefficient (Wildman–Crippen LogP) is 3.02. The van der Waals surface area contributed by atoms with E-state index in [1.54, 1.807) is 0 Å². The summed E-state index contributed by atoms with van der Waals surface area (Å²) in [7, 11) is 0. The topological polar surface area (TPSA) is 29.5 Å². The summed E-state index contributed by atoms with van der Waals surface area (Å²) in [6.07, 6.45) is 4.01. The first-order valence-corrected chi connectivity index (χ1v) is 6.08. The van der Waals surface area contributed by atoms with E-state index in [4.69, 9.17) is 4.74 Å². The van der Waals surface area contributed by atoms with Crippen molar-refractivity contribution in [2.24, 2.45) is 0 Å². The first-order chi connectivity index (χ1) is 7.70. The molecule has 16 heavy (non-hydrogen) atoms. The molecule has 1 atom stereocenters. The third-order valence-corrected chi connectivity index (χ3v) is 3.32. The molecule has 2 heteroatoms. The summed E-state index contributed by atoms with van der Waals surface area (Å²) in [5, 5.41) is 9.25. The van der Waals surface area contributed by atoms with Gasteiger partial charge in [0.1, 0.15) is 5.75 Å². The number of hydrogen-bond acceptors (Lipinski definition) is 2. The van der Waals surface area contributed by atoms with Crippen LogP contribution in [-0.2, 0) is 0 Å². The van der Waals surface area contributed by atoms with E-state index in [1.165, 1.54) is 24.8 Å². The number of benzene rings is 1. The van der Waals surface area contributed by atoms with Crippen LogP contribution in [0.2, 0.25) is 0 Å². The highest BCUT2D eigenvalue weighted by Crippen LogP contribution is 2.32. The summed E-state index contributed by atoms with van der Waals surface area (Å²) in [6, 6.07) is 6.23. The van der Waals surface area contributed by atoms with Crippen LogP contribution in [0.1, 0.15) is 43.2 Å². The smallest absolute Gasteiger partial charge is 0.123 e. The monoisotopic (exact) mass is 220 g/mol. The van der Waals surface area contributed by atoms with Gasteiger partial charge < -0.3 is 9.84 Å². The van der Waals surface area contributed by atoms with E-state index >= 15 is 0 Å². The fourth-order valence-corrected chi connectivity index (χ4v) is 1.93. The summed E-state index contributed by atoms with van der Waals surface area (Å²) in [6.45, 7) is 4.27. The summed E-state index contributed by atoms with van der Waals surface area (Å²) >= 11 is 0. The minimum absolute atomic E-state index is 0.148. The van der Waals surface area contributed by atoms with Gasteiger partial charge in [-0.2, -0.15) is 0 Å². The largest absolute Gasteiger partial charge is 0.490 e. The van der Waals surface area contributed by atoms with E-state index in [2.05, 4.69) is 19.1 Å². The molecule has 1 aliphatic rings. The van der Waals surface area contributed by atoms with E-state index in [9.17, 15) is 5.11 Å². The van der Waals surface area contributed by atoms with Crippen LogP contribution in [0.3, 0.4) is 0 Å². The number of aryl methyl sites for hydroxylation is 1. The molecule has 0 bridgehead atoms. The van der Waals surface area contributed by atoms with E-state index in [0.29, 0.717) is 6.10 Å². The zero-order valence-electron chi connectivity index (χ0n) is 10.1. The Morgan fingerprint density at radius 2 is 2.19 bits per heavy atom. The van der Waals surface area contributed by atoms with Crippen LogP contribution in [0.25, 0.3) is 0 Å². The zero-order valence-corrected chi connectivity index (χ0v) is 10.1. The molecular weight excluding hydrogens is 200 g/mol. The second kappa shape index (κ2) is 4.88. The molecule has 2 rings (SSSR count). The molecule has 1 unspecified atom stereocenters. The molecule has 1 fully saturated rings. The molecule has 0 heterocycles. The Labute approximate surface area is 97.3 Å². The van der Waals surface area contributed by atoms with Crippen molar-refractivity contribution in [3.63, 3.8) is 0 Å². The first kappa shape index (κ1) is 11.5. The van der Waals surface area contributed by atoms with Crippen LogP contribution in [0.4, 0.5) is 0 Å². The van der Waals surface area contributed by atoms with Crippen LogP contribution in [0.5, 0.6) is 5.75 Å². The molecule has 1 aromatic rings. The van der Waals surface area contributed by atoms with Gasteiger partial charge in [0.05, 0.1) is 6.10 Å². The Morgan fingerprint density at radius 1 is 1.44 bits per heavy atom. The summed E-state index contributed by atoms with van der Waals surface area (Å²) in [4.78, 5) is 0. The zero-order chi connectivity index (χ0) is 11.5. The third kappa shape index (κ3) is 2.38. The summed E-state index contributed by atoms with van der Waals surface area (Å²) in [5.74, 6) is 1.10. The van der Waals surface area contributed by atoms with Gasteiger partial charge in [-0.25, -0.2) is 0 Å². The number of hydrogen-bond donors (Lipinski definition) is 1. The average molecular weight is 220 g/mol. The number of aliphatic hydroxyl groups is 1. The molecule has 1 N–H and O–H groups in total. The number of rotatable bonds is 4. The van der Waals surface area contributed by atoms with Gasteiger partial charge in [0.15, 0.2) is 0 Å². The Kier molecular flexibility index (Phi) is 3.49. The molecule has 1 aliphatic carbocycles. The van der Waals surface area contributed by atoms with Crippen molar-refractivity contribution in [2.45, 2.75) is 45.1 Å². The average Bonchev–Trinajstić information content (AvgIpc) is 2.23. The molecule has 0 aliphatic heterocycles. The SMILES string of the molecule is Cc1ccc(OC2CCC2)c(C(C)CO)c1. The second-order valence-electron chi connectivity index (χ2n) is 4.80. The van der Waals surface area contributed by atoms with Gasteiger partial charge in [-0.1, -0.05) is 24.6 Å². The lowest BCUT2D eigenvalue weighted by Gasteiger charge is -2.28. The van der Waals surface area contributed by atoms with Crippen LogP contribution in [-0.4, -0.2) is 17.8 Å². The van der Waals surface area contributed by atoms with Crippen molar-refractivity contribution in [2.75, 3.05) is 6.61 Å². The highest BCUT2D eigenvalue weighted by atomic mass is 16.5. The Balaban J connectivity index is 2.20. The van der Waals surface area contributed by atoms with Crippen LogP contribution >= 0.6 is 0 Å². The highest BCUT2D eigenvalue weighted by molar-refractivity contribution is 5.39. The van der Waals surface area contributed by atoms with Gasteiger partial charge in [0, 0.05) is 12.5 Å².